The van der Waals surface area contributed by atoms with Crippen molar-refractivity contribution >= 4 is 29.2 Å². The van der Waals surface area contributed by atoms with E-state index in [1.165, 1.54) is 11.3 Å². The fourth-order valence-corrected chi connectivity index (χ4v) is 3.37. The van der Waals surface area contributed by atoms with E-state index in [1.807, 2.05) is 26.8 Å². The number of aryl methyl sites for hydroxylation is 1. The van der Waals surface area contributed by atoms with Crippen LogP contribution in [0.2, 0.25) is 0 Å². The van der Waals surface area contributed by atoms with Crippen LogP contribution < -0.4 is 5.32 Å². The Kier molecular flexibility index (Phi) is 7.44. The van der Waals surface area contributed by atoms with Crippen LogP contribution in [0.3, 0.4) is 0 Å². The van der Waals surface area contributed by atoms with Crippen molar-refractivity contribution < 1.29 is 19.1 Å². The number of ether oxygens (including phenoxy) is 1. The SMILES string of the molecule is Cc1ccc(C(=O)NCC(=O)N2CCCN(C(=O)OCC(C)C)CC2)s1. The van der Waals surface area contributed by atoms with Gasteiger partial charge in [-0.1, -0.05) is 13.8 Å². The first-order chi connectivity index (χ1) is 12.4. The lowest BCUT2D eigenvalue weighted by Gasteiger charge is -2.22. The van der Waals surface area contributed by atoms with Crippen LogP contribution >= 0.6 is 11.3 Å². The van der Waals surface area contributed by atoms with Gasteiger partial charge >= 0.3 is 6.09 Å². The molecule has 1 fully saturated rings. The molecule has 1 N–H and O–H groups in total. The molecule has 1 saturated heterocycles. The summed E-state index contributed by atoms with van der Waals surface area (Å²) in [5.41, 5.74) is 0. The zero-order valence-corrected chi connectivity index (χ0v) is 16.4. The third-order valence-corrected chi connectivity index (χ3v) is 5.01. The monoisotopic (exact) mass is 381 g/mol. The van der Waals surface area contributed by atoms with Crippen molar-refractivity contribution in [3.63, 3.8) is 0 Å². The van der Waals surface area contributed by atoms with Crippen LogP contribution in [0.25, 0.3) is 0 Å². The van der Waals surface area contributed by atoms with Gasteiger partial charge in [-0.3, -0.25) is 9.59 Å². The summed E-state index contributed by atoms with van der Waals surface area (Å²) in [5, 5.41) is 2.67. The van der Waals surface area contributed by atoms with Crippen molar-refractivity contribution in [2.24, 2.45) is 5.92 Å². The molecule has 0 spiro atoms. The molecular weight excluding hydrogens is 354 g/mol. The normalized spacial score (nSPS) is 14.9. The van der Waals surface area contributed by atoms with E-state index in [1.54, 1.807) is 15.9 Å². The van der Waals surface area contributed by atoms with Gasteiger partial charge in [-0.25, -0.2) is 4.79 Å². The Balaban J connectivity index is 1.77. The number of carbonyl (C=O) groups excluding carboxylic acids is 3. The fourth-order valence-electron chi connectivity index (χ4n) is 2.59. The molecule has 0 radical (unpaired) electrons. The molecule has 0 aromatic carbocycles. The first kappa shape index (κ1) is 20.2. The van der Waals surface area contributed by atoms with E-state index in [-0.39, 0.29) is 24.5 Å². The second-order valence-electron chi connectivity index (χ2n) is 6.79. The minimum atomic E-state index is -0.325. The Labute approximate surface area is 158 Å². The highest BCUT2D eigenvalue weighted by atomic mass is 32.1. The molecule has 2 rings (SSSR count). The van der Waals surface area contributed by atoms with E-state index in [0.29, 0.717) is 50.0 Å². The van der Waals surface area contributed by atoms with Crippen LogP contribution in [0.4, 0.5) is 4.79 Å². The summed E-state index contributed by atoms with van der Waals surface area (Å²) in [6.45, 7) is 8.30. The van der Waals surface area contributed by atoms with Crippen LogP contribution in [0.15, 0.2) is 12.1 Å². The standard InChI is InChI=1S/C18H27N3O4S/c1-13(2)12-25-18(24)21-8-4-7-20(9-10-21)16(22)11-19-17(23)15-6-5-14(3)26-15/h5-6,13H,4,7-12H2,1-3H3,(H,19,23). The topological polar surface area (TPSA) is 79.0 Å². The van der Waals surface area contributed by atoms with Gasteiger partial charge in [-0.2, -0.15) is 0 Å². The molecular formula is C18H27N3O4S. The molecule has 1 aliphatic heterocycles. The molecule has 0 atom stereocenters. The lowest BCUT2D eigenvalue weighted by Crippen LogP contribution is -2.42. The molecule has 3 amide bonds. The zero-order chi connectivity index (χ0) is 19.1. The van der Waals surface area contributed by atoms with Crippen LogP contribution in [-0.2, 0) is 9.53 Å². The van der Waals surface area contributed by atoms with Crippen molar-refractivity contribution in [1.29, 1.82) is 0 Å². The van der Waals surface area contributed by atoms with E-state index in [4.69, 9.17) is 4.74 Å². The van der Waals surface area contributed by atoms with Crippen LogP contribution in [0.5, 0.6) is 0 Å². The van der Waals surface area contributed by atoms with Gasteiger partial charge in [0.15, 0.2) is 0 Å². The molecule has 144 valence electrons. The Bertz CT molecular complexity index is 644. The lowest BCUT2D eigenvalue weighted by molar-refractivity contribution is -0.130. The largest absolute Gasteiger partial charge is 0.449 e. The average molecular weight is 381 g/mol. The quantitative estimate of drug-likeness (QED) is 0.847. The van der Waals surface area contributed by atoms with Gasteiger partial charge < -0.3 is 19.9 Å². The summed E-state index contributed by atoms with van der Waals surface area (Å²) in [7, 11) is 0. The number of nitrogens with one attached hydrogen (secondary N) is 1. The fraction of sp³-hybridized carbons (Fsp3) is 0.611. The van der Waals surface area contributed by atoms with Gasteiger partial charge in [0.1, 0.15) is 0 Å². The summed E-state index contributed by atoms with van der Waals surface area (Å²) in [6, 6.07) is 3.63. The molecule has 0 bridgehead atoms. The van der Waals surface area contributed by atoms with E-state index < -0.39 is 0 Å². The zero-order valence-electron chi connectivity index (χ0n) is 15.6. The molecule has 1 aromatic rings. The van der Waals surface area contributed by atoms with Crippen molar-refractivity contribution in [2.75, 3.05) is 39.3 Å². The predicted octanol–water partition coefficient (Wildman–Crippen LogP) is 2.11. The lowest BCUT2D eigenvalue weighted by atomic mass is 10.2. The van der Waals surface area contributed by atoms with Gasteiger partial charge in [-0.15, -0.1) is 11.3 Å². The van der Waals surface area contributed by atoms with Crippen LogP contribution in [-0.4, -0.2) is 67.0 Å². The molecule has 2 heterocycles. The minimum absolute atomic E-state index is 0.0341. The Morgan fingerprint density at radius 1 is 1.15 bits per heavy atom. The third-order valence-electron chi connectivity index (χ3n) is 4.01. The maximum atomic E-state index is 12.4. The average Bonchev–Trinajstić information content (AvgIpc) is 2.89. The van der Waals surface area contributed by atoms with Crippen LogP contribution in [0, 0.1) is 12.8 Å². The molecule has 0 saturated carbocycles. The van der Waals surface area contributed by atoms with Crippen molar-refractivity contribution in [3.05, 3.63) is 21.9 Å². The molecule has 0 aliphatic carbocycles. The maximum Gasteiger partial charge on any atom is 0.409 e. The Morgan fingerprint density at radius 3 is 2.50 bits per heavy atom. The van der Waals surface area contributed by atoms with Crippen molar-refractivity contribution in [3.8, 4) is 0 Å². The van der Waals surface area contributed by atoms with E-state index in [2.05, 4.69) is 5.32 Å². The van der Waals surface area contributed by atoms with Gasteiger partial charge in [0, 0.05) is 31.1 Å². The summed E-state index contributed by atoms with van der Waals surface area (Å²) in [5.74, 6) is -0.0751. The first-order valence-electron chi connectivity index (χ1n) is 8.91. The second-order valence-corrected chi connectivity index (χ2v) is 8.07. The molecule has 1 aromatic heterocycles. The number of hydrogen-bond acceptors (Lipinski definition) is 5. The minimum Gasteiger partial charge on any atom is -0.449 e. The number of nitrogens with zero attached hydrogens (tertiary/aromatic N) is 2. The highest BCUT2D eigenvalue weighted by molar-refractivity contribution is 7.13. The van der Waals surface area contributed by atoms with E-state index in [9.17, 15) is 14.4 Å². The highest BCUT2D eigenvalue weighted by Gasteiger charge is 2.23. The molecule has 7 nitrogen and oxygen atoms in total. The highest BCUT2D eigenvalue weighted by Crippen LogP contribution is 2.14. The summed E-state index contributed by atoms with van der Waals surface area (Å²) in [4.78, 5) is 41.4. The van der Waals surface area contributed by atoms with Crippen LogP contribution in [0.1, 0.15) is 34.8 Å². The second kappa shape index (κ2) is 9.56. The Hall–Kier alpha value is -2.09. The maximum absolute atomic E-state index is 12.4. The number of rotatable bonds is 5. The summed E-state index contributed by atoms with van der Waals surface area (Å²) in [6.07, 6.45) is 0.370. The summed E-state index contributed by atoms with van der Waals surface area (Å²) >= 11 is 1.40. The number of hydrogen-bond donors (Lipinski definition) is 1. The van der Waals surface area contributed by atoms with E-state index in [0.717, 1.165) is 4.88 Å². The van der Waals surface area contributed by atoms with Gasteiger partial charge in [0.05, 0.1) is 18.0 Å². The van der Waals surface area contributed by atoms with Gasteiger partial charge in [0.2, 0.25) is 5.91 Å². The number of amides is 3. The van der Waals surface area contributed by atoms with Gasteiger partial charge in [0.25, 0.3) is 5.91 Å². The molecule has 1 aliphatic rings. The smallest absolute Gasteiger partial charge is 0.409 e. The van der Waals surface area contributed by atoms with E-state index >= 15 is 0 Å². The van der Waals surface area contributed by atoms with Gasteiger partial charge in [-0.05, 0) is 31.4 Å². The molecule has 26 heavy (non-hydrogen) atoms. The first-order valence-corrected chi connectivity index (χ1v) is 9.72. The number of carbonyl (C=O) groups is 3. The predicted molar refractivity (Wildman–Crippen MR) is 100 cm³/mol. The third kappa shape index (κ3) is 6.01. The Morgan fingerprint density at radius 2 is 1.85 bits per heavy atom. The summed E-state index contributed by atoms with van der Waals surface area (Å²) < 4.78 is 5.25. The molecule has 0 unspecified atom stereocenters. The van der Waals surface area contributed by atoms with Crippen molar-refractivity contribution in [1.82, 2.24) is 15.1 Å². The number of thiophene rings is 1. The molecule has 8 heteroatoms. The van der Waals surface area contributed by atoms with Crippen molar-refractivity contribution in [2.45, 2.75) is 27.2 Å².